The first-order chi connectivity index (χ1) is 13.1. The molecule has 4 atom stereocenters. The van der Waals surface area contributed by atoms with E-state index in [0.717, 1.165) is 52.2 Å². The number of fused-ring (bicyclic) bond motifs is 2. The minimum absolute atomic E-state index is 0.273. The van der Waals surface area contributed by atoms with Crippen LogP contribution in [-0.2, 0) is 6.54 Å². The van der Waals surface area contributed by atoms with Gasteiger partial charge in [-0.3, -0.25) is 4.90 Å². The summed E-state index contributed by atoms with van der Waals surface area (Å²) in [7, 11) is 0. The summed E-state index contributed by atoms with van der Waals surface area (Å²) < 4.78 is 0. The summed E-state index contributed by atoms with van der Waals surface area (Å²) >= 11 is 12.3. The van der Waals surface area contributed by atoms with Crippen molar-refractivity contribution in [2.75, 3.05) is 13.1 Å². The quantitative estimate of drug-likeness (QED) is 0.676. The third kappa shape index (κ3) is 3.23. The summed E-state index contributed by atoms with van der Waals surface area (Å²) in [6.45, 7) is 5.17. The standard InChI is InChI=1S/C20H21Cl2N5/c1-11(19-25-17-3-2-6-23-20(17)26-19)27-9-14-15(10-27)18(14)24-8-12-7-13(21)4-5-16(12)22/h2-7,11,14-15,18,24H,8-10H2,1H3,(H,23,25,26)/t11?,14-,15+,18?. The Kier molecular flexibility index (Phi) is 4.36. The maximum atomic E-state index is 6.26. The predicted octanol–water partition coefficient (Wildman–Crippen LogP) is 4.05. The largest absolute Gasteiger partial charge is 0.339 e. The van der Waals surface area contributed by atoms with E-state index in [1.165, 1.54) is 0 Å². The van der Waals surface area contributed by atoms with Crippen molar-refractivity contribution in [1.82, 2.24) is 25.2 Å². The van der Waals surface area contributed by atoms with E-state index in [4.69, 9.17) is 23.2 Å². The number of rotatable bonds is 5. The van der Waals surface area contributed by atoms with Crippen molar-refractivity contribution in [2.24, 2.45) is 11.8 Å². The van der Waals surface area contributed by atoms with Crippen LogP contribution in [0.3, 0.4) is 0 Å². The highest BCUT2D eigenvalue weighted by molar-refractivity contribution is 6.33. The van der Waals surface area contributed by atoms with Crippen molar-refractivity contribution >= 4 is 34.4 Å². The van der Waals surface area contributed by atoms with Gasteiger partial charge in [0.1, 0.15) is 5.82 Å². The van der Waals surface area contributed by atoms with Crippen LogP contribution in [0.4, 0.5) is 0 Å². The van der Waals surface area contributed by atoms with Gasteiger partial charge >= 0.3 is 0 Å². The molecule has 1 aromatic carbocycles. The molecular weight excluding hydrogens is 381 g/mol. The van der Waals surface area contributed by atoms with Gasteiger partial charge < -0.3 is 10.3 Å². The lowest BCUT2D eigenvalue weighted by Crippen LogP contribution is -2.33. The highest BCUT2D eigenvalue weighted by atomic mass is 35.5. The highest BCUT2D eigenvalue weighted by Crippen LogP contribution is 2.47. The van der Waals surface area contributed by atoms with Gasteiger partial charge in [0.05, 0.1) is 11.6 Å². The van der Waals surface area contributed by atoms with Crippen molar-refractivity contribution in [2.45, 2.75) is 25.6 Å². The minimum atomic E-state index is 0.273. The molecule has 2 aromatic heterocycles. The fraction of sp³-hybridized carbons (Fsp3) is 0.400. The number of likely N-dealkylation sites (tertiary alicyclic amines) is 1. The monoisotopic (exact) mass is 401 g/mol. The summed E-state index contributed by atoms with van der Waals surface area (Å²) in [6.07, 6.45) is 1.78. The fourth-order valence-corrected chi connectivity index (χ4v) is 4.70. The molecule has 1 saturated carbocycles. The zero-order valence-electron chi connectivity index (χ0n) is 15.0. The Morgan fingerprint density at radius 3 is 2.85 bits per heavy atom. The third-order valence-electron chi connectivity index (χ3n) is 5.98. The molecule has 0 amide bonds. The molecule has 0 spiro atoms. The van der Waals surface area contributed by atoms with Crippen LogP contribution < -0.4 is 5.32 Å². The summed E-state index contributed by atoms with van der Waals surface area (Å²) in [5.74, 6) is 2.40. The van der Waals surface area contributed by atoms with Crippen molar-refractivity contribution in [3.05, 3.63) is 58.0 Å². The van der Waals surface area contributed by atoms with Gasteiger partial charge in [-0.15, -0.1) is 0 Å². The number of piperidine rings is 1. The number of H-pyrrole nitrogens is 1. The lowest BCUT2D eigenvalue weighted by molar-refractivity contribution is 0.219. The molecule has 5 rings (SSSR count). The number of hydrogen-bond donors (Lipinski definition) is 2. The number of nitrogens with zero attached hydrogens (tertiary/aromatic N) is 3. The normalized spacial score (nSPS) is 25.7. The zero-order valence-corrected chi connectivity index (χ0v) is 16.5. The van der Waals surface area contributed by atoms with E-state index in [1.807, 2.05) is 30.3 Å². The van der Waals surface area contributed by atoms with Gasteiger partial charge in [0.25, 0.3) is 0 Å². The Labute approximate surface area is 168 Å². The number of pyridine rings is 1. The maximum absolute atomic E-state index is 6.26. The lowest BCUT2D eigenvalue weighted by Gasteiger charge is -2.25. The van der Waals surface area contributed by atoms with Crippen LogP contribution in [0.25, 0.3) is 11.2 Å². The first-order valence-electron chi connectivity index (χ1n) is 9.32. The van der Waals surface area contributed by atoms with Crippen LogP contribution in [0.5, 0.6) is 0 Å². The molecule has 2 aliphatic rings. The van der Waals surface area contributed by atoms with Crippen molar-refractivity contribution in [1.29, 1.82) is 0 Å². The molecule has 27 heavy (non-hydrogen) atoms. The number of nitrogens with one attached hydrogen (secondary N) is 2. The first-order valence-corrected chi connectivity index (χ1v) is 10.1. The van der Waals surface area contributed by atoms with E-state index in [1.54, 1.807) is 6.20 Å². The molecule has 1 aliphatic carbocycles. The molecule has 3 heterocycles. The first kappa shape index (κ1) is 17.4. The zero-order chi connectivity index (χ0) is 18.5. The second-order valence-corrected chi connectivity index (χ2v) is 8.44. The summed E-state index contributed by atoms with van der Waals surface area (Å²) in [4.78, 5) is 14.9. The summed E-state index contributed by atoms with van der Waals surface area (Å²) in [6, 6.07) is 10.4. The minimum Gasteiger partial charge on any atom is -0.339 e. The van der Waals surface area contributed by atoms with Crippen LogP contribution in [0, 0.1) is 11.8 Å². The molecule has 2 N–H and O–H groups in total. The molecule has 2 unspecified atom stereocenters. The predicted molar refractivity (Wildman–Crippen MR) is 108 cm³/mol. The van der Waals surface area contributed by atoms with Crippen LogP contribution in [0.2, 0.25) is 10.0 Å². The van der Waals surface area contributed by atoms with Gasteiger partial charge in [-0.25, -0.2) is 9.97 Å². The summed E-state index contributed by atoms with van der Waals surface area (Å²) in [5.41, 5.74) is 2.86. The molecular formula is C20H21Cl2N5. The molecule has 2 fully saturated rings. The second-order valence-electron chi connectivity index (χ2n) is 7.60. The molecule has 3 aromatic rings. The molecule has 1 saturated heterocycles. The van der Waals surface area contributed by atoms with Gasteiger partial charge in [0, 0.05) is 41.9 Å². The van der Waals surface area contributed by atoms with E-state index in [0.29, 0.717) is 17.9 Å². The third-order valence-corrected chi connectivity index (χ3v) is 6.58. The van der Waals surface area contributed by atoms with Gasteiger partial charge in [0.15, 0.2) is 5.65 Å². The average Bonchev–Trinajstić information content (AvgIpc) is 3.04. The molecule has 140 valence electrons. The Balaban J connectivity index is 1.19. The highest BCUT2D eigenvalue weighted by Gasteiger charge is 2.56. The number of aromatic amines is 1. The second kappa shape index (κ2) is 6.74. The van der Waals surface area contributed by atoms with Gasteiger partial charge in [0.2, 0.25) is 0 Å². The number of imidazole rings is 1. The number of hydrogen-bond acceptors (Lipinski definition) is 4. The fourth-order valence-electron chi connectivity index (χ4n) is 4.32. The Hall–Kier alpha value is -1.66. The molecule has 0 radical (unpaired) electrons. The topological polar surface area (TPSA) is 56.8 Å². The van der Waals surface area contributed by atoms with Crippen LogP contribution >= 0.6 is 23.2 Å². The van der Waals surface area contributed by atoms with E-state index in [9.17, 15) is 0 Å². The van der Waals surface area contributed by atoms with E-state index >= 15 is 0 Å². The number of aromatic nitrogens is 3. The van der Waals surface area contributed by atoms with Crippen LogP contribution in [0.1, 0.15) is 24.4 Å². The maximum Gasteiger partial charge on any atom is 0.177 e. The molecule has 5 nitrogen and oxygen atoms in total. The number of benzene rings is 1. The Bertz CT molecular complexity index is 942. The molecule has 0 bridgehead atoms. The number of halogens is 2. The van der Waals surface area contributed by atoms with Crippen LogP contribution in [-0.4, -0.2) is 39.0 Å². The Morgan fingerprint density at radius 2 is 2.07 bits per heavy atom. The van der Waals surface area contributed by atoms with Gasteiger partial charge in [-0.2, -0.15) is 0 Å². The summed E-state index contributed by atoms with van der Waals surface area (Å²) in [5, 5.41) is 5.16. The van der Waals surface area contributed by atoms with Crippen molar-refractivity contribution in [3.8, 4) is 0 Å². The van der Waals surface area contributed by atoms with Crippen LogP contribution in [0.15, 0.2) is 36.5 Å². The van der Waals surface area contributed by atoms with Gasteiger partial charge in [-0.05, 0) is 54.7 Å². The molecule has 1 aliphatic heterocycles. The smallest absolute Gasteiger partial charge is 0.177 e. The van der Waals surface area contributed by atoms with Crippen molar-refractivity contribution < 1.29 is 0 Å². The van der Waals surface area contributed by atoms with E-state index < -0.39 is 0 Å². The molecule has 7 heteroatoms. The van der Waals surface area contributed by atoms with E-state index in [-0.39, 0.29) is 6.04 Å². The SMILES string of the molecule is CC(c1nc2ncccc2[nH]1)N1C[C@@H]2C(NCc3cc(Cl)ccc3Cl)[C@@H]2C1. The van der Waals surface area contributed by atoms with E-state index in [2.05, 4.69) is 32.1 Å². The average molecular weight is 402 g/mol. The lowest BCUT2D eigenvalue weighted by atomic mass is 10.2. The Morgan fingerprint density at radius 1 is 1.26 bits per heavy atom. The van der Waals surface area contributed by atoms with Gasteiger partial charge in [-0.1, -0.05) is 23.2 Å². The van der Waals surface area contributed by atoms with Crippen molar-refractivity contribution in [3.63, 3.8) is 0 Å².